The van der Waals surface area contributed by atoms with E-state index in [1.165, 1.54) is 29.0 Å². The van der Waals surface area contributed by atoms with Gasteiger partial charge in [-0.15, -0.1) is 18.3 Å². The average molecular weight is 321 g/mol. The minimum atomic E-state index is -1.19. The topological polar surface area (TPSA) is 119 Å². The van der Waals surface area contributed by atoms with Crippen LogP contribution in [0.4, 0.5) is 5.82 Å². The van der Waals surface area contributed by atoms with E-state index in [9.17, 15) is 10.2 Å². The number of aliphatic hydroxyl groups is 2. The van der Waals surface area contributed by atoms with Gasteiger partial charge in [0.15, 0.2) is 23.3 Å². The second-order valence-corrected chi connectivity index (χ2v) is 5.68. The van der Waals surface area contributed by atoms with E-state index >= 15 is 0 Å². The Morgan fingerprint density at radius 1 is 1.45 bits per heavy atom. The molecule has 2 atom stereocenters. The number of imidazole rings is 1. The first kappa shape index (κ1) is 14.7. The summed E-state index contributed by atoms with van der Waals surface area (Å²) in [4.78, 5) is 12.1. The van der Waals surface area contributed by atoms with Gasteiger partial charge in [0.05, 0.1) is 5.75 Å². The molecule has 0 radical (unpaired) electrons. The molecule has 9 heteroatoms. The summed E-state index contributed by atoms with van der Waals surface area (Å²) in [6.45, 7) is 3.63. The molecular formula is C13H15N5O3S. The average Bonchev–Trinajstić information content (AvgIpc) is 3.05. The highest BCUT2D eigenvalue weighted by Gasteiger charge is 2.37. The number of thioether (sulfide) groups is 1. The first-order valence-corrected chi connectivity index (χ1v) is 7.67. The smallest absolute Gasteiger partial charge is 0.211 e. The van der Waals surface area contributed by atoms with E-state index in [2.05, 4.69) is 21.5 Å². The highest BCUT2D eigenvalue weighted by Crippen LogP contribution is 2.34. The molecule has 0 saturated carbocycles. The molecule has 4 N–H and O–H groups in total. The summed E-state index contributed by atoms with van der Waals surface area (Å²) in [5, 5.41) is 20.2. The molecule has 3 rings (SSSR count). The van der Waals surface area contributed by atoms with Gasteiger partial charge in [-0.25, -0.2) is 15.0 Å². The summed E-state index contributed by atoms with van der Waals surface area (Å²) in [5.74, 6) is 1.57. The number of nitrogen functional groups attached to an aromatic ring is 1. The van der Waals surface area contributed by atoms with Crippen molar-refractivity contribution in [3.05, 3.63) is 36.8 Å². The number of hydrogen-bond donors (Lipinski definition) is 3. The van der Waals surface area contributed by atoms with Crippen LogP contribution in [0.15, 0.2) is 36.8 Å². The summed E-state index contributed by atoms with van der Waals surface area (Å²) < 4.78 is 7.20. The van der Waals surface area contributed by atoms with Crippen LogP contribution in [0.25, 0.3) is 11.2 Å². The van der Waals surface area contributed by atoms with Crippen LogP contribution < -0.4 is 5.73 Å². The number of nitrogens with zero attached hydrogens (tertiary/aromatic N) is 4. The SMILES string of the molecule is C=CCSCC1=C(O)C(O)[C@H](n2cnc3c(N)ncnc32)O1. The normalized spacial score (nSPS) is 21.3. The number of hydrogen-bond acceptors (Lipinski definition) is 8. The highest BCUT2D eigenvalue weighted by atomic mass is 32.2. The van der Waals surface area contributed by atoms with Crippen molar-refractivity contribution >= 4 is 28.7 Å². The Morgan fingerprint density at radius 2 is 2.27 bits per heavy atom. The molecule has 0 bridgehead atoms. The predicted octanol–water partition coefficient (Wildman–Crippen LogP) is 0.987. The number of rotatable bonds is 5. The fraction of sp³-hybridized carbons (Fsp3) is 0.308. The largest absolute Gasteiger partial charge is 0.506 e. The zero-order valence-corrected chi connectivity index (χ0v) is 12.4. The van der Waals surface area contributed by atoms with Gasteiger partial charge in [-0.05, 0) is 0 Å². The first-order chi connectivity index (χ1) is 10.6. The van der Waals surface area contributed by atoms with Crippen molar-refractivity contribution in [1.29, 1.82) is 0 Å². The van der Waals surface area contributed by atoms with Crippen LogP contribution >= 0.6 is 11.8 Å². The van der Waals surface area contributed by atoms with E-state index in [0.717, 1.165) is 5.75 Å². The molecule has 0 aliphatic carbocycles. The van der Waals surface area contributed by atoms with E-state index in [1.54, 1.807) is 6.08 Å². The molecule has 1 aliphatic rings. The van der Waals surface area contributed by atoms with Gasteiger partial charge in [-0.3, -0.25) is 4.57 Å². The van der Waals surface area contributed by atoms with E-state index in [0.29, 0.717) is 22.7 Å². The van der Waals surface area contributed by atoms with Crippen LogP contribution in [-0.4, -0.2) is 47.3 Å². The molecule has 1 aliphatic heterocycles. The van der Waals surface area contributed by atoms with Crippen LogP contribution in [0.3, 0.4) is 0 Å². The monoisotopic (exact) mass is 321 g/mol. The van der Waals surface area contributed by atoms with Crippen molar-refractivity contribution in [3.63, 3.8) is 0 Å². The van der Waals surface area contributed by atoms with Gasteiger partial charge in [-0.2, -0.15) is 0 Å². The van der Waals surface area contributed by atoms with Crippen molar-refractivity contribution in [2.75, 3.05) is 17.2 Å². The number of fused-ring (bicyclic) bond motifs is 1. The summed E-state index contributed by atoms with van der Waals surface area (Å²) in [6, 6.07) is 0. The van der Waals surface area contributed by atoms with Gasteiger partial charge in [0, 0.05) is 5.75 Å². The van der Waals surface area contributed by atoms with E-state index in [4.69, 9.17) is 10.5 Å². The van der Waals surface area contributed by atoms with Crippen LogP contribution in [0.1, 0.15) is 6.23 Å². The fourth-order valence-electron chi connectivity index (χ4n) is 2.18. The Morgan fingerprint density at radius 3 is 3.05 bits per heavy atom. The highest BCUT2D eigenvalue weighted by molar-refractivity contribution is 7.99. The number of aliphatic hydroxyl groups excluding tert-OH is 2. The van der Waals surface area contributed by atoms with Gasteiger partial charge < -0.3 is 20.7 Å². The molecule has 2 aromatic heterocycles. The second kappa shape index (κ2) is 5.85. The minimum absolute atomic E-state index is 0.176. The zero-order valence-electron chi connectivity index (χ0n) is 11.6. The molecule has 0 aromatic carbocycles. The predicted molar refractivity (Wildman–Crippen MR) is 83.0 cm³/mol. The van der Waals surface area contributed by atoms with E-state index in [-0.39, 0.29) is 11.6 Å². The van der Waals surface area contributed by atoms with Gasteiger partial charge in [0.1, 0.15) is 23.9 Å². The van der Waals surface area contributed by atoms with Gasteiger partial charge >= 0.3 is 0 Å². The van der Waals surface area contributed by atoms with Crippen LogP contribution in [0.5, 0.6) is 0 Å². The molecule has 0 amide bonds. The Hall–Kier alpha value is -2.26. The maximum Gasteiger partial charge on any atom is 0.211 e. The van der Waals surface area contributed by atoms with Crippen molar-refractivity contribution in [2.24, 2.45) is 0 Å². The Bertz CT molecular complexity index is 744. The lowest BCUT2D eigenvalue weighted by molar-refractivity contribution is -0.00508. The Kier molecular flexibility index (Phi) is 3.90. The molecule has 2 aromatic rings. The Labute approximate surface area is 130 Å². The first-order valence-electron chi connectivity index (χ1n) is 6.52. The molecule has 0 saturated heterocycles. The number of ether oxygens (including phenoxy) is 1. The standard InChI is InChI=1S/C13H15N5O3S/c1-2-3-22-4-7-9(19)10(20)13(21-7)18-6-17-8-11(14)15-5-16-12(8)18/h2,5-6,10,13,19-20H,1,3-4H2,(H2,14,15,16)/t10?,13-/m1/s1. The van der Waals surface area contributed by atoms with Crippen molar-refractivity contribution in [3.8, 4) is 0 Å². The second-order valence-electron chi connectivity index (χ2n) is 4.65. The molecule has 3 heterocycles. The third kappa shape index (κ3) is 2.38. The quantitative estimate of drug-likeness (QED) is 0.551. The van der Waals surface area contributed by atoms with Gasteiger partial charge in [0.25, 0.3) is 0 Å². The van der Waals surface area contributed by atoms with Crippen LogP contribution in [0, 0.1) is 0 Å². The maximum atomic E-state index is 10.2. The Balaban J connectivity index is 1.87. The lowest BCUT2D eigenvalue weighted by Crippen LogP contribution is -2.22. The van der Waals surface area contributed by atoms with Gasteiger partial charge in [0.2, 0.25) is 6.23 Å². The third-order valence-corrected chi connectivity index (χ3v) is 4.17. The third-order valence-electron chi connectivity index (χ3n) is 3.23. The fourth-order valence-corrected chi connectivity index (χ4v) is 2.86. The summed E-state index contributed by atoms with van der Waals surface area (Å²) >= 11 is 1.52. The number of nitrogens with two attached hydrogens (primary N) is 1. The molecule has 116 valence electrons. The molecule has 8 nitrogen and oxygen atoms in total. The summed E-state index contributed by atoms with van der Waals surface area (Å²) in [7, 11) is 0. The lowest BCUT2D eigenvalue weighted by Gasteiger charge is -2.17. The summed E-state index contributed by atoms with van der Waals surface area (Å²) in [5.41, 5.74) is 6.59. The van der Waals surface area contributed by atoms with Crippen LogP contribution in [-0.2, 0) is 4.74 Å². The zero-order chi connectivity index (χ0) is 15.7. The lowest BCUT2D eigenvalue weighted by atomic mass is 10.3. The number of aromatic nitrogens is 4. The molecular weight excluding hydrogens is 306 g/mol. The van der Waals surface area contributed by atoms with Gasteiger partial charge in [-0.1, -0.05) is 6.08 Å². The van der Waals surface area contributed by atoms with E-state index in [1.807, 2.05) is 0 Å². The van der Waals surface area contributed by atoms with E-state index < -0.39 is 12.3 Å². The molecule has 0 fully saturated rings. The molecule has 0 spiro atoms. The van der Waals surface area contributed by atoms with Crippen molar-refractivity contribution in [2.45, 2.75) is 12.3 Å². The molecule has 22 heavy (non-hydrogen) atoms. The maximum absolute atomic E-state index is 10.2. The summed E-state index contributed by atoms with van der Waals surface area (Å²) in [6.07, 6.45) is 2.50. The van der Waals surface area contributed by atoms with Crippen LogP contribution in [0.2, 0.25) is 0 Å². The molecule has 1 unspecified atom stereocenters. The number of anilines is 1. The minimum Gasteiger partial charge on any atom is -0.506 e. The van der Waals surface area contributed by atoms with Crippen molar-refractivity contribution in [1.82, 2.24) is 19.5 Å². The van der Waals surface area contributed by atoms with Crippen molar-refractivity contribution < 1.29 is 14.9 Å².